The van der Waals surface area contributed by atoms with Crippen LogP contribution in [-0.4, -0.2) is 56.5 Å². The van der Waals surface area contributed by atoms with E-state index in [1.54, 1.807) is 36.9 Å². The number of carbonyl (C=O) groups is 3. The quantitative estimate of drug-likeness (QED) is 0.282. The third kappa shape index (κ3) is 6.53. The van der Waals surface area contributed by atoms with Crippen molar-refractivity contribution in [2.75, 3.05) is 49.3 Å². The van der Waals surface area contributed by atoms with Crippen molar-refractivity contribution in [3.05, 3.63) is 89.5 Å². The SMILES string of the molecule is CCOC(=O)c1ccc2c(c1)NC(=O)C2=C(Nc1ccc(N(CCCN(C)C)C(C)=O)cc1)c1ccccc1. The maximum absolute atomic E-state index is 13.2. The van der Waals surface area contributed by atoms with Crippen LogP contribution in [0.2, 0.25) is 0 Å². The minimum atomic E-state index is -0.435. The highest BCUT2D eigenvalue weighted by Gasteiger charge is 2.29. The monoisotopic (exact) mass is 526 g/mol. The number of ether oxygens (including phenoxy) is 1. The molecule has 0 unspecified atom stereocenters. The number of hydrogen-bond acceptors (Lipinski definition) is 6. The molecule has 4 rings (SSSR count). The van der Waals surface area contributed by atoms with Crippen LogP contribution in [0.5, 0.6) is 0 Å². The van der Waals surface area contributed by atoms with Crippen molar-refractivity contribution in [1.29, 1.82) is 0 Å². The van der Waals surface area contributed by atoms with Gasteiger partial charge in [0, 0.05) is 30.4 Å². The number of anilines is 3. The number of nitrogens with zero attached hydrogens (tertiary/aromatic N) is 2. The average Bonchev–Trinajstić information content (AvgIpc) is 3.25. The van der Waals surface area contributed by atoms with Crippen molar-refractivity contribution in [3.63, 3.8) is 0 Å². The van der Waals surface area contributed by atoms with Gasteiger partial charge in [-0.05, 0) is 75.9 Å². The molecule has 1 aliphatic rings. The number of fused-ring (bicyclic) bond motifs is 1. The van der Waals surface area contributed by atoms with E-state index in [1.807, 2.05) is 68.7 Å². The maximum Gasteiger partial charge on any atom is 0.338 e. The van der Waals surface area contributed by atoms with Crippen LogP contribution in [0.1, 0.15) is 41.8 Å². The van der Waals surface area contributed by atoms with Crippen LogP contribution in [0.15, 0.2) is 72.8 Å². The Labute approximate surface area is 229 Å². The molecule has 8 nitrogen and oxygen atoms in total. The highest BCUT2D eigenvalue weighted by atomic mass is 16.5. The van der Waals surface area contributed by atoms with Gasteiger partial charge in [-0.1, -0.05) is 36.4 Å². The largest absolute Gasteiger partial charge is 0.462 e. The molecule has 2 amide bonds. The molecule has 1 heterocycles. The molecule has 0 atom stereocenters. The van der Waals surface area contributed by atoms with Gasteiger partial charge in [-0.2, -0.15) is 0 Å². The van der Waals surface area contributed by atoms with Gasteiger partial charge in [0.05, 0.1) is 29.1 Å². The van der Waals surface area contributed by atoms with E-state index < -0.39 is 5.97 Å². The Morgan fingerprint density at radius 1 is 0.923 bits per heavy atom. The minimum Gasteiger partial charge on any atom is -0.462 e. The summed E-state index contributed by atoms with van der Waals surface area (Å²) in [7, 11) is 4.03. The Morgan fingerprint density at radius 2 is 1.64 bits per heavy atom. The second kappa shape index (κ2) is 12.4. The van der Waals surface area contributed by atoms with Gasteiger partial charge < -0.3 is 25.2 Å². The predicted octanol–water partition coefficient (Wildman–Crippen LogP) is 5.10. The molecule has 0 bridgehead atoms. The summed E-state index contributed by atoms with van der Waals surface area (Å²) in [4.78, 5) is 41.6. The number of amides is 2. The fraction of sp³-hybridized carbons (Fsp3) is 0.258. The summed E-state index contributed by atoms with van der Waals surface area (Å²) in [6.45, 7) is 5.12. The van der Waals surface area contributed by atoms with Gasteiger partial charge in [-0.15, -0.1) is 0 Å². The zero-order chi connectivity index (χ0) is 27.9. The molecular weight excluding hydrogens is 492 g/mol. The highest BCUT2D eigenvalue weighted by molar-refractivity contribution is 6.37. The maximum atomic E-state index is 13.2. The molecule has 1 aliphatic heterocycles. The summed E-state index contributed by atoms with van der Waals surface area (Å²) in [5.74, 6) is -0.713. The third-order valence-corrected chi connectivity index (χ3v) is 6.40. The molecule has 0 spiro atoms. The summed E-state index contributed by atoms with van der Waals surface area (Å²) in [5.41, 5.74) is 5.16. The van der Waals surface area contributed by atoms with Gasteiger partial charge in [0.1, 0.15) is 0 Å². The van der Waals surface area contributed by atoms with E-state index in [0.717, 1.165) is 29.9 Å². The fourth-order valence-corrected chi connectivity index (χ4v) is 4.53. The molecule has 0 fully saturated rings. The lowest BCUT2D eigenvalue weighted by molar-refractivity contribution is -0.116. The van der Waals surface area contributed by atoms with Crippen molar-refractivity contribution in [2.24, 2.45) is 0 Å². The summed E-state index contributed by atoms with van der Waals surface area (Å²) in [5, 5.41) is 6.33. The van der Waals surface area contributed by atoms with Gasteiger partial charge in [-0.25, -0.2) is 4.79 Å². The van der Waals surface area contributed by atoms with Crippen LogP contribution in [0.3, 0.4) is 0 Å². The van der Waals surface area contributed by atoms with Crippen LogP contribution in [0.4, 0.5) is 17.1 Å². The average molecular weight is 527 g/mol. The number of hydrogen-bond donors (Lipinski definition) is 2. The molecule has 0 aromatic heterocycles. The Morgan fingerprint density at radius 3 is 2.28 bits per heavy atom. The lowest BCUT2D eigenvalue weighted by atomic mass is 9.99. The molecule has 3 aromatic rings. The van der Waals surface area contributed by atoms with Crippen LogP contribution in [0.25, 0.3) is 11.3 Å². The van der Waals surface area contributed by atoms with Gasteiger partial charge in [-0.3, -0.25) is 9.59 Å². The molecule has 8 heteroatoms. The first kappa shape index (κ1) is 27.6. The van der Waals surface area contributed by atoms with E-state index in [4.69, 9.17) is 4.74 Å². The van der Waals surface area contributed by atoms with E-state index in [-0.39, 0.29) is 18.4 Å². The molecule has 3 aromatic carbocycles. The summed E-state index contributed by atoms with van der Waals surface area (Å²) < 4.78 is 5.11. The molecule has 0 radical (unpaired) electrons. The summed E-state index contributed by atoms with van der Waals surface area (Å²) >= 11 is 0. The van der Waals surface area contributed by atoms with Crippen molar-refractivity contribution in [3.8, 4) is 0 Å². The van der Waals surface area contributed by atoms with Crippen LogP contribution in [0, 0.1) is 0 Å². The van der Waals surface area contributed by atoms with Crippen LogP contribution in [-0.2, 0) is 14.3 Å². The number of benzene rings is 3. The lowest BCUT2D eigenvalue weighted by Gasteiger charge is -2.23. The minimum absolute atomic E-state index is 0.0111. The third-order valence-electron chi connectivity index (χ3n) is 6.40. The smallest absolute Gasteiger partial charge is 0.338 e. The van der Waals surface area contributed by atoms with Gasteiger partial charge >= 0.3 is 5.97 Å². The number of carbonyl (C=O) groups excluding carboxylic acids is 3. The van der Waals surface area contributed by atoms with Gasteiger partial charge in [0.2, 0.25) is 5.91 Å². The molecule has 39 heavy (non-hydrogen) atoms. The number of nitrogens with one attached hydrogen (secondary N) is 2. The van der Waals surface area contributed by atoms with Crippen molar-refractivity contribution >= 4 is 46.1 Å². The topological polar surface area (TPSA) is 91.0 Å². The molecular formula is C31H34N4O4. The standard InChI is InChI=1S/C31H34N4O4/c1-5-39-31(38)23-12-17-26-27(20-23)33-30(37)28(26)29(22-10-7-6-8-11-22)32-24-13-15-25(16-14-24)35(21(2)36)19-9-18-34(3)4/h6-8,10-17,20,32H,5,9,18-19H2,1-4H3,(H,33,37). The Bertz CT molecular complexity index is 1380. The number of esters is 1. The van der Waals surface area contributed by atoms with Crippen molar-refractivity contribution in [2.45, 2.75) is 20.3 Å². The first-order valence-electron chi connectivity index (χ1n) is 13.0. The van der Waals surface area contributed by atoms with Gasteiger partial charge in [0.25, 0.3) is 5.91 Å². The summed E-state index contributed by atoms with van der Waals surface area (Å²) in [6, 6.07) is 22.3. The van der Waals surface area contributed by atoms with E-state index in [9.17, 15) is 14.4 Å². The van der Waals surface area contributed by atoms with E-state index in [0.29, 0.717) is 34.6 Å². The predicted molar refractivity (Wildman–Crippen MR) is 156 cm³/mol. The zero-order valence-electron chi connectivity index (χ0n) is 22.8. The normalized spacial score (nSPS) is 13.5. The Hall–Kier alpha value is -4.43. The van der Waals surface area contributed by atoms with E-state index >= 15 is 0 Å². The zero-order valence-corrected chi connectivity index (χ0v) is 22.8. The molecule has 0 saturated heterocycles. The fourth-order valence-electron chi connectivity index (χ4n) is 4.53. The lowest BCUT2D eigenvalue weighted by Crippen LogP contribution is -2.31. The Balaban J connectivity index is 1.67. The van der Waals surface area contributed by atoms with Crippen molar-refractivity contribution < 1.29 is 19.1 Å². The van der Waals surface area contributed by atoms with Crippen LogP contribution < -0.4 is 15.5 Å². The second-order valence-corrected chi connectivity index (χ2v) is 9.55. The van der Waals surface area contributed by atoms with Crippen LogP contribution >= 0.6 is 0 Å². The second-order valence-electron chi connectivity index (χ2n) is 9.55. The van der Waals surface area contributed by atoms with E-state index in [2.05, 4.69) is 15.5 Å². The molecule has 0 saturated carbocycles. The van der Waals surface area contributed by atoms with Gasteiger partial charge in [0.15, 0.2) is 0 Å². The first-order chi connectivity index (χ1) is 18.8. The summed E-state index contributed by atoms with van der Waals surface area (Å²) in [6.07, 6.45) is 0.864. The Kier molecular flexibility index (Phi) is 8.78. The first-order valence-corrected chi connectivity index (χ1v) is 13.0. The molecule has 202 valence electrons. The molecule has 0 aliphatic carbocycles. The van der Waals surface area contributed by atoms with E-state index in [1.165, 1.54) is 0 Å². The van der Waals surface area contributed by atoms with Crippen molar-refractivity contribution in [1.82, 2.24) is 4.90 Å². The number of rotatable bonds is 10. The molecule has 2 N–H and O–H groups in total. The highest BCUT2D eigenvalue weighted by Crippen LogP contribution is 2.38.